The van der Waals surface area contributed by atoms with E-state index in [1.54, 1.807) is 0 Å². The van der Waals surface area contributed by atoms with Crippen molar-refractivity contribution in [3.05, 3.63) is 60.8 Å². The molecular weight excluding hydrogens is 750 g/mol. The van der Waals surface area contributed by atoms with Crippen molar-refractivity contribution in [3.63, 3.8) is 0 Å². The number of allylic oxidation sites excluding steroid dienone is 10. The number of nitrogens with zero attached hydrogens (tertiary/aromatic N) is 1. The van der Waals surface area contributed by atoms with Gasteiger partial charge in [-0.25, -0.2) is 4.57 Å². The lowest BCUT2D eigenvalue weighted by Crippen LogP contribution is -2.37. The van der Waals surface area contributed by atoms with Gasteiger partial charge in [-0.15, -0.1) is 0 Å². The summed E-state index contributed by atoms with van der Waals surface area (Å²) in [5, 5.41) is 0. The van der Waals surface area contributed by atoms with Crippen LogP contribution in [0.3, 0.4) is 0 Å². The Morgan fingerprint density at radius 2 is 0.931 bits per heavy atom. The number of rotatable bonds is 41. The van der Waals surface area contributed by atoms with Gasteiger partial charge in [-0.05, 0) is 83.5 Å². The molecule has 0 aliphatic carbocycles. The first-order chi connectivity index (χ1) is 28.0. The maximum atomic E-state index is 12.7. The lowest BCUT2D eigenvalue weighted by Gasteiger charge is -2.24. The van der Waals surface area contributed by atoms with E-state index in [-0.39, 0.29) is 26.1 Å². The van der Waals surface area contributed by atoms with Crippen LogP contribution in [0.25, 0.3) is 0 Å². The zero-order chi connectivity index (χ0) is 42.8. The van der Waals surface area contributed by atoms with Crippen molar-refractivity contribution in [3.8, 4) is 0 Å². The van der Waals surface area contributed by atoms with Crippen LogP contribution in [0.4, 0.5) is 0 Å². The van der Waals surface area contributed by atoms with Crippen LogP contribution < -0.4 is 0 Å². The summed E-state index contributed by atoms with van der Waals surface area (Å²) in [5.74, 6) is -0.851. The fraction of sp³-hybridized carbons (Fsp3) is 0.750. The first-order valence-electron chi connectivity index (χ1n) is 23.0. The summed E-state index contributed by atoms with van der Waals surface area (Å²) >= 11 is 0. The zero-order valence-corrected chi connectivity index (χ0v) is 38.7. The van der Waals surface area contributed by atoms with Crippen LogP contribution in [0, 0.1) is 0 Å². The van der Waals surface area contributed by atoms with Gasteiger partial charge >= 0.3 is 19.8 Å². The van der Waals surface area contributed by atoms with Gasteiger partial charge in [0.25, 0.3) is 0 Å². The van der Waals surface area contributed by atoms with Gasteiger partial charge in [-0.2, -0.15) is 0 Å². The molecule has 0 heterocycles. The van der Waals surface area contributed by atoms with Crippen LogP contribution in [0.5, 0.6) is 0 Å². The Hall–Kier alpha value is -2.29. The van der Waals surface area contributed by atoms with E-state index in [0.717, 1.165) is 64.2 Å². The van der Waals surface area contributed by atoms with Crippen LogP contribution in [-0.4, -0.2) is 74.9 Å². The summed E-state index contributed by atoms with van der Waals surface area (Å²) < 4.78 is 34.3. The summed E-state index contributed by atoms with van der Waals surface area (Å²) in [7, 11) is 1.45. The predicted octanol–water partition coefficient (Wildman–Crippen LogP) is 13.2. The lowest BCUT2D eigenvalue weighted by atomic mass is 10.1. The molecule has 2 atom stereocenters. The second kappa shape index (κ2) is 40.1. The molecule has 0 fully saturated rings. The third-order valence-electron chi connectivity index (χ3n) is 9.52. The van der Waals surface area contributed by atoms with E-state index in [4.69, 9.17) is 18.5 Å². The quantitative estimate of drug-likeness (QED) is 0.0213. The van der Waals surface area contributed by atoms with Crippen LogP contribution in [0.15, 0.2) is 60.8 Å². The second-order valence-corrected chi connectivity index (χ2v) is 17.9. The highest BCUT2D eigenvalue weighted by Gasteiger charge is 2.27. The third-order valence-corrected chi connectivity index (χ3v) is 10.5. The van der Waals surface area contributed by atoms with E-state index in [1.807, 2.05) is 21.1 Å². The van der Waals surface area contributed by atoms with Gasteiger partial charge < -0.3 is 18.9 Å². The summed E-state index contributed by atoms with van der Waals surface area (Å²) in [6, 6.07) is 0. The maximum Gasteiger partial charge on any atom is 0.472 e. The van der Waals surface area contributed by atoms with Crippen molar-refractivity contribution in [2.24, 2.45) is 0 Å². The van der Waals surface area contributed by atoms with E-state index in [0.29, 0.717) is 23.9 Å². The van der Waals surface area contributed by atoms with Crippen LogP contribution >= 0.6 is 7.82 Å². The molecule has 0 radical (unpaired) electrons. The summed E-state index contributed by atoms with van der Waals surface area (Å²) in [5.41, 5.74) is 0. The topological polar surface area (TPSA) is 108 Å². The molecule has 0 aliphatic rings. The highest BCUT2D eigenvalue weighted by Crippen LogP contribution is 2.43. The third kappa shape index (κ3) is 43.3. The Kier molecular flexibility index (Phi) is 38.5. The van der Waals surface area contributed by atoms with Gasteiger partial charge in [0, 0.05) is 12.8 Å². The Morgan fingerprint density at radius 3 is 1.41 bits per heavy atom. The van der Waals surface area contributed by atoms with E-state index < -0.39 is 32.5 Å². The second-order valence-electron chi connectivity index (χ2n) is 16.4. The number of ether oxygens (including phenoxy) is 2. The van der Waals surface area contributed by atoms with Crippen LogP contribution in [0.1, 0.15) is 181 Å². The van der Waals surface area contributed by atoms with Crippen molar-refractivity contribution in [2.75, 3.05) is 47.5 Å². The van der Waals surface area contributed by atoms with E-state index in [2.05, 4.69) is 74.6 Å². The number of phosphoric ester groups is 1. The number of hydrogen-bond acceptors (Lipinski definition) is 7. The minimum atomic E-state index is -4.39. The van der Waals surface area contributed by atoms with Gasteiger partial charge in [0.2, 0.25) is 0 Å². The number of unbranched alkanes of at least 4 members (excludes halogenated alkanes) is 17. The average Bonchev–Trinajstić information content (AvgIpc) is 3.17. The number of carbonyl (C=O) groups is 2. The standard InChI is InChI=1S/C48H86NO8P/c1-6-8-10-12-14-16-18-20-22-23-24-25-27-29-31-33-35-37-39-41-48(51)57-46(45-56-58(52,53)55-43-42-49(3,4)5)44-54-47(50)40-38-36-34-32-30-28-26-21-19-17-15-13-11-9-7-2/h14-17,20-22,26,30,32,46H,6-13,18-19,23-25,27-29,31,33-45H2,1-5H3/p+1/b16-14-,17-15-,22-20-,26-21-,32-30-/t46-/m1/s1. The molecule has 0 amide bonds. The smallest absolute Gasteiger partial charge is 0.462 e. The fourth-order valence-corrected chi connectivity index (χ4v) is 6.61. The largest absolute Gasteiger partial charge is 0.472 e. The monoisotopic (exact) mass is 837 g/mol. The fourth-order valence-electron chi connectivity index (χ4n) is 5.87. The number of esters is 2. The molecule has 10 heteroatoms. The molecule has 1 N–H and O–H groups in total. The van der Waals surface area contributed by atoms with Crippen molar-refractivity contribution in [1.82, 2.24) is 0 Å². The molecule has 0 bridgehead atoms. The minimum Gasteiger partial charge on any atom is -0.462 e. The molecule has 0 rings (SSSR count). The Morgan fingerprint density at radius 1 is 0.534 bits per heavy atom. The highest BCUT2D eigenvalue weighted by molar-refractivity contribution is 7.47. The van der Waals surface area contributed by atoms with Gasteiger partial charge in [0.1, 0.15) is 19.8 Å². The molecule has 58 heavy (non-hydrogen) atoms. The molecule has 0 spiro atoms. The van der Waals surface area contributed by atoms with Gasteiger partial charge in [0.15, 0.2) is 6.10 Å². The van der Waals surface area contributed by atoms with E-state index in [1.165, 1.54) is 77.0 Å². The molecule has 0 aromatic carbocycles. The molecule has 0 saturated heterocycles. The molecule has 0 saturated carbocycles. The molecule has 9 nitrogen and oxygen atoms in total. The normalized spacial score (nSPS) is 14.1. The first-order valence-corrected chi connectivity index (χ1v) is 24.5. The van der Waals surface area contributed by atoms with E-state index in [9.17, 15) is 19.0 Å². The van der Waals surface area contributed by atoms with Crippen LogP contribution in [0.2, 0.25) is 0 Å². The Balaban J connectivity index is 4.39. The van der Waals surface area contributed by atoms with Crippen molar-refractivity contribution in [2.45, 2.75) is 187 Å². The molecular formula is C48H87NO8P+. The summed E-state index contributed by atoms with van der Waals surface area (Å²) in [6.07, 6.45) is 48.4. The lowest BCUT2D eigenvalue weighted by molar-refractivity contribution is -0.870. The van der Waals surface area contributed by atoms with Crippen molar-refractivity contribution < 1.29 is 42.1 Å². The molecule has 336 valence electrons. The molecule has 1 unspecified atom stereocenters. The van der Waals surface area contributed by atoms with Crippen molar-refractivity contribution >= 4 is 19.8 Å². The maximum absolute atomic E-state index is 12.7. The Bertz CT molecular complexity index is 1170. The SMILES string of the molecule is CCCCC/C=C\C/C=C\C/C=C\CCCCC(=O)OC[C@H](COP(=O)(O)OCC[N+](C)(C)C)OC(=O)CCCCCCCCCCC/C=C\C/C=C\CCCCC. The van der Waals surface area contributed by atoms with Gasteiger partial charge in [-0.3, -0.25) is 18.6 Å². The van der Waals surface area contributed by atoms with Gasteiger partial charge in [0.05, 0.1) is 27.7 Å². The first kappa shape index (κ1) is 55.7. The Labute approximate surface area is 356 Å². The number of hydrogen-bond donors (Lipinski definition) is 1. The zero-order valence-electron chi connectivity index (χ0n) is 37.8. The molecule has 0 aromatic rings. The predicted molar refractivity (Wildman–Crippen MR) is 243 cm³/mol. The number of carbonyl (C=O) groups excluding carboxylic acids is 2. The summed E-state index contributed by atoms with van der Waals surface area (Å²) in [4.78, 5) is 35.4. The number of likely N-dealkylation sites (N-methyl/N-ethyl adjacent to an activating group) is 1. The highest BCUT2D eigenvalue weighted by atomic mass is 31.2. The average molecular weight is 837 g/mol. The molecule has 0 aromatic heterocycles. The van der Waals surface area contributed by atoms with Gasteiger partial charge in [-0.1, -0.05) is 145 Å². The van der Waals surface area contributed by atoms with Crippen LogP contribution in [-0.2, 0) is 32.7 Å². The van der Waals surface area contributed by atoms with E-state index >= 15 is 0 Å². The number of phosphoric acid groups is 1. The molecule has 0 aliphatic heterocycles. The minimum absolute atomic E-state index is 0.0224. The summed E-state index contributed by atoms with van der Waals surface area (Å²) in [6.45, 7) is 4.31. The number of quaternary nitrogens is 1. The van der Waals surface area contributed by atoms with Crippen molar-refractivity contribution in [1.29, 1.82) is 0 Å².